The first kappa shape index (κ1) is 42.2. The lowest BCUT2D eigenvalue weighted by molar-refractivity contribution is -0.134. The van der Waals surface area contributed by atoms with E-state index >= 15 is 0 Å². The van der Waals surface area contributed by atoms with Crippen molar-refractivity contribution in [3.8, 4) is 11.5 Å². The molecule has 3 aliphatic rings. The third kappa shape index (κ3) is 9.57. The summed E-state index contributed by atoms with van der Waals surface area (Å²) in [5, 5.41) is 11.9. The van der Waals surface area contributed by atoms with E-state index in [1.165, 1.54) is 14.2 Å². The SMILES string of the molecule is CNC(=O)COc1cc2cc(Nc3nc(N4CCN(CC5CCN(c6ccc(C(=O)NC7CCC(=O)NC7=O)c(OC)c6)CC5)CC4)ncc3Cl)ccc2n(C(C)C)c1=O. The molecular weight excluding hydrogens is 792 g/mol. The van der Waals surface area contributed by atoms with Crippen LogP contribution in [0, 0.1) is 5.92 Å². The van der Waals surface area contributed by atoms with E-state index in [0.29, 0.717) is 39.7 Å². The number of hydrogen-bond donors (Lipinski definition) is 4. The molecule has 18 heteroatoms. The Bertz CT molecular complexity index is 2320. The molecule has 7 rings (SSSR count). The van der Waals surface area contributed by atoms with Gasteiger partial charge in [-0.1, -0.05) is 11.6 Å². The Hall–Kier alpha value is -5.94. The molecule has 60 heavy (non-hydrogen) atoms. The summed E-state index contributed by atoms with van der Waals surface area (Å²) < 4.78 is 12.8. The summed E-state index contributed by atoms with van der Waals surface area (Å²) in [7, 11) is 3.03. The van der Waals surface area contributed by atoms with Gasteiger partial charge in [0.05, 0.1) is 24.4 Å². The first-order chi connectivity index (χ1) is 28.9. The van der Waals surface area contributed by atoms with Gasteiger partial charge in [0.15, 0.2) is 18.2 Å². The lowest BCUT2D eigenvalue weighted by Gasteiger charge is -2.39. The standard InChI is InChI=1S/C42H51ClN10O7/c1-25(2)53-33-9-5-28(19-27(33)20-35(41(53)58)60-24-37(55)44-3)46-38-31(43)22-45-42(49-38)52-17-15-50(16-18-52)23-26-11-13-51(14-12-26)29-6-7-30(34(21-29)59-4)39(56)47-32-8-10-36(54)48-40(32)57/h5-7,9,19-22,25-26,32H,8,10-18,23-24H2,1-4H3,(H,44,55)(H,47,56)(H,45,46,49)(H,48,54,57). The molecule has 17 nitrogen and oxygen atoms in total. The highest BCUT2D eigenvalue weighted by molar-refractivity contribution is 6.33. The molecule has 2 aromatic carbocycles. The van der Waals surface area contributed by atoms with Crippen LogP contribution >= 0.6 is 11.6 Å². The van der Waals surface area contributed by atoms with E-state index in [9.17, 15) is 24.0 Å². The van der Waals surface area contributed by atoms with Crippen molar-refractivity contribution in [2.24, 2.45) is 5.92 Å². The van der Waals surface area contributed by atoms with Gasteiger partial charge in [0.25, 0.3) is 17.4 Å². The second-order valence-corrected chi connectivity index (χ2v) is 16.0. The normalized spacial score (nSPS) is 17.7. The number of piperazine rings is 1. The zero-order valence-corrected chi connectivity index (χ0v) is 35.0. The summed E-state index contributed by atoms with van der Waals surface area (Å²) in [5.41, 5.74) is 2.45. The Morgan fingerprint density at radius 1 is 0.950 bits per heavy atom. The number of carbonyl (C=O) groups is 4. The average molecular weight is 843 g/mol. The van der Waals surface area contributed by atoms with Gasteiger partial charge in [-0.2, -0.15) is 4.98 Å². The number of aromatic nitrogens is 3. The van der Waals surface area contributed by atoms with E-state index in [1.807, 2.05) is 44.2 Å². The van der Waals surface area contributed by atoms with Crippen LogP contribution in [0.2, 0.25) is 5.02 Å². The number of nitrogens with one attached hydrogen (secondary N) is 4. The van der Waals surface area contributed by atoms with Gasteiger partial charge in [-0.3, -0.25) is 34.2 Å². The van der Waals surface area contributed by atoms with Crippen LogP contribution < -0.4 is 46.1 Å². The smallest absolute Gasteiger partial charge is 0.293 e. The van der Waals surface area contributed by atoms with Gasteiger partial charge in [-0.15, -0.1) is 0 Å². The van der Waals surface area contributed by atoms with Gasteiger partial charge in [0.2, 0.25) is 17.8 Å². The molecule has 3 fully saturated rings. The number of ether oxygens (including phenoxy) is 2. The second kappa shape index (κ2) is 18.5. The van der Waals surface area contributed by atoms with Crippen molar-refractivity contribution in [3.63, 3.8) is 0 Å². The predicted octanol–water partition coefficient (Wildman–Crippen LogP) is 3.48. The number of carbonyl (C=O) groups excluding carboxylic acids is 4. The molecule has 0 aliphatic carbocycles. The quantitative estimate of drug-likeness (QED) is 0.143. The van der Waals surface area contributed by atoms with Gasteiger partial charge in [-0.25, -0.2) is 4.98 Å². The fraction of sp³-hybridized carbons (Fsp3) is 0.452. The van der Waals surface area contributed by atoms with Gasteiger partial charge in [-0.05, 0) is 75.4 Å². The maximum atomic E-state index is 13.2. The molecule has 4 aromatic rings. The van der Waals surface area contributed by atoms with Crippen molar-refractivity contribution in [1.29, 1.82) is 0 Å². The molecule has 5 heterocycles. The first-order valence-electron chi connectivity index (χ1n) is 20.3. The second-order valence-electron chi connectivity index (χ2n) is 15.6. The minimum atomic E-state index is -0.763. The highest BCUT2D eigenvalue weighted by Gasteiger charge is 2.30. The fourth-order valence-corrected chi connectivity index (χ4v) is 8.10. The summed E-state index contributed by atoms with van der Waals surface area (Å²) in [6.45, 7) is 9.63. The molecule has 0 spiro atoms. The van der Waals surface area contributed by atoms with Gasteiger partial charge in [0, 0.05) is 88.2 Å². The van der Waals surface area contributed by atoms with E-state index in [-0.39, 0.29) is 48.6 Å². The van der Waals surface area contributed by atoms with Crippen LogP contribution in [0.25, 0.3) is 10.9 Å². The number of piperidine rings is 2. The van der Waals surface area contributed by atoms with Crippen LogP contribution in [0.3, 0.4) is 0 Å². The molecule has 1 atom stereocenters. The third-order valence-electron chi connectivity index (χ3n) is 11.3. The van der Waals surface area contributed by atoms with Gasteiger partial charge < -0.3 is 39.8 Å². The zero-order chi connectivity index (χ0) is 42.5. The van der Waals surface area contributed by atoms with Crippen molar-refractivity contribution >= 4 is 69.3 Å². The number of pyridine rings is 1. The number of rotatable bonds is 13. The van der Waals surface area contributed by atoms with Crippen molar-refractivity contribution in [1.82, 2.24) is 35.4 Å². The minimum Gasteiger partial charge on any atom is -0.496 e. The molecule has 4 N–H and O–H groups in total. The topological polar surface area (TPSA) is 192 Å². The first-order valence-corrected chi connectivity index (χ1v) is 20.7. The van der Waals surface area contributed by atoms with Crippen LogP contribution in [-0.2, 0) is 14.4 Å². The molecule has 1 unspecified atom stereocenters. The molecule has 4 amide bonds. The average Bonchev–Trinajstić information content (AvgIpc) is 3.24. The molecule has 2 aromatic heterocycles. The molecule has 318 valence electrons. The Morgan fingerprint density at radius 2 is 1.72 bits per heavy atom. The van der Waals surface area contributed by atoms with Crippen LogP contribution in [0.4, 0.5) is 23.1 Å². The number of likely N-dealkylation sites (N-methyl/N-ethyl adjacent to an activating group) is 1. The number of benzene rings is 2. The lowest BCUT2D eigenvalue weighted by Crippen LogP contribution is -2.52. The third-order valence-corrected chi connectivity index (χ3v) is 11.6. The van der Waals surface area contributed by atoms with Gasteiger partial charge in [0.1, 0.15) is 16.8 Å². The van der Waals surface area contributed by atoms with Crippen molar-refractivity contribution in [2.45, 2.75) is 51.6 Å². The van der Waals surface area contributed by atoms with E-state index in [4.69, 9.17) is 26.1 Å². The molecule has 0 bridgehead atoms. The molecular formula is C42H51ClN10O7. The van der Waals surface area contributed by atoms with Crippen molar-refractivity contribution in [3.05, 3.63) is 69.6 Å². The largest absolute Gasteiger partial charge is 0.496 e. The monoisotopic (exact) mass is 842 g/mol. The molecule has 0 saturated carbocycles. The van der Waals surface area contributed by atoms with E-state index in [2.05, 4.69) is 41.0 Å². The van der Waals surface area contributed by atoms with E-state index in [1.54, 1.807) is 22.9 Å². The number of nitrogens with zero attached hydrogens (tertiary/aromatic N) is 6. The minimum absolute atomic E-state index is 0.0893. The summed E-state index contributed by atoms with van der Waals surface area (Å²) >= 11 is 6.59. The Kier molecular flexibility index (Phi) is 13.0. The molecule has 3 aliphatic heterocycles. The van der Waals surface area contributed by atoms with Crippen LogP contribution in [0.5, 0.6) is 11.5 Å². The van der Waals surface area contributed by atoms with E-state index in [0.717, 1.165) is 75.2 Å². The summed E-state index contributed by atoms with van der Waals surface area (Å²) in [4.78, 5) is 78.1. The number of imide groups is 1. The van der Waals surface area contributed by atoms with Crippen LogP contribution in [0.15, 0.2) is 53.5 Å². The van der Waals surface area contributed by atoms with Crippen molar-refractivity contribution in [2.75, 3.05) is 81.7 Å². The molecule has 3 saturated heterocycles. The lowest BCUT2D eigenvalue weighted by atomic mass is 9.95. The van der Waals surface area contributed by atoms with Crippen LogP contribution in [0.1, 0.15) is 55.9 Å². The maximum Gasteiger partial charge on any atom is 0.293 e. The number of anilines is 4. The molecule has 0 radical (unpaired) electrons. The Labute approximate surface area is 352 Å². The number of halogens is 1. The number of amides is 4. The zero-order valence-electron chi connectivity index (χ0n) is 34.3. The van der Waals surface area contributed by atoms with Crippen molar-refractivity contribution < 1.29 is 28.7 Å². The number of fused-ring (bicyclic) bond motifs is 1. The van der Waals surface area contributed by atoms with Crippen LogP contribution in [-0.4, -0.2) is 116 Å². The summed E-state index contributed by atoms with van der Waals surface area (Å²) in [6, 6.07) is 11.9. The van der Waals surface area contributed by atoms with Gasteiger partial charge >= 0.3 is 0 Å². The number of hydrogen-bond acceptors (Lipinski definition) is 13. The summed E-state index contributed by atoms with van der Waals surface area (Å²) in [5.74, 6) is 0.530. The number of methoxy groups -OCH3 is 1. The highest BCUT2D eigenvalue weighted by Crippen LogP contribution is 2.31. The Balaban J connectivity index is 0.920. The highest BCUT2D eigenvalue weighted by atomic mass is 35.5. The maximum absolute atomic E-state index is 13.2. The predicted molar refractivity (Wildman–Crippen MR) is 229 cm³/mol. The fourth-order valence-electron chi connectivity index (χ4n) is 7.97. The summed E-state index contributed by atoms with van der Waals surface area (Å²) in [6.07, 6.45) is 4.11. The van der Waals surface area contributed by atoms with E-state index < -0.39 is 17.9 Å². The Morgan fingerprint density at radius 3 is 2.42 bits per heavy atom.